The van der Waals surface area contributed by atoms with Crippen LogP contribution in [0.1, 0.15) is 21.5 Å². The van der Waals surface area contributed by atoms with Crippen molar-refractivity contribution in [1.29, 1.82) is 5.26 Å². The predicted octanol–water partition coefficient (Wildman–Crippen LogP) is 3.54. The molecule has 1 aliphatic heterocycles. The van der Waals surface area contributed by atoms with Crippen molar-refractivity contribution in [3.63, 3.8) is 0 Å². The molecule has 21 heavy (non-hydrogen) atoms. The van der Waals surface area contributed by atoms with Crippen LogP contribution in [0.25, 0.3) is 0 Å². The molecule has 0 aromatic heterocycles. The van der Waals surface area contributed by atoms with E-state index in [4.69, 9.17) is 5.26 Å². The average molecular weight is 342 g/mol. The molecule has 2 N–H and O–H groups in total. The van der Waals surface area contributed by atoms with E-state index in [-0.39, 0.29) is 5.91 Å². The van der Waals surface area contributed by atoms with E-state index in [2.05, 4.69) is 32.6 Å². The number of hydrogen-bond acceptors (Lipinski definition) is 3. The molecule has 0 unspecified atom stereocenters. The number of benzene rings is 2. The Morgan fingerprint density at radius 3 is 2.90 bits per heavy atom. The Hall–Kier alpha value is -2.32. The van der Waals surface area contributed by atoms with Gasteiger partial charge in [-0.3, -0.25) is 4.79 Å². The van der Waals surface area contributed by atoms with Gasteiger partial charge in [-0.2, -0.15) is 5.26 Å². The van der Waals surface area contributed by atoms with Gasteiger partial charge in [0, 0.05) is 22.3 Å². The van der Waals surface area contributed by atoms with Crippen LogP contribution >= 0.6 is 15.9 Å². The number of hydrogen-bond donors (Lipinski definition) is 2. The highest BCUT2D eigenvalue weighted by atomic mass is 79.9. The largest absolute Gasteiger partial charge is 0.384 e. The second kappa shape index (κ2) is 5.58. The second-order valence-electron chi connectivity index (χ2n) is 4.81. The quantitative estimate of drug-likeness (QED) is 0.877. The van der Waals surface area contributed by atoms with Gasteiger partial charge in [0.1, 0.15) is 0 Å². The number of nitrogens with one attached hydrogen (secondary N) is 2. The van der Waals surface area contributed by atoms with Crippen LogP contribution in [-0.4, -0.2) is 12.5 Å². The van der Waals surface area contributed by atoms with Crippen LogP contribution in [-0.2, 0) is 6.42 Å². The summed E-state index contributed by atoms with van der Waals surface area (Å²) in [6, 6.07) is 12.8. The van der Waals surface area contributed by atoms with Gasteiger partial charge in [-0.1, -0.05) is 6.07 Å². The van der Waals surface area contributed by atoms with Gasteiger partial charge < -0.3 is 10.6 Å². The first-order valence-electron chi connectivity index (χ1n) is 6.55. The number of fused-ring (bicyclic) bond motifs is 1. The molecule has 2 aromatic rings. The zero-order valence-corrected chi connectivity index (χ0v) is 12.7. The molecule has 1 amide bonds. The third-order valence-corrected chi connectivity index (χ3v) is 4.08. The van der Waals surface area contributed by atoms with Crippen LogP contribution < -0.4 is 10.6 Å². The first kappa shape index (κ1) is 13.7. The molecule has 2 aromatic carbocycles. The summed E-state index contributed by atoms with van der Waals surface area (Å²) in [4.78, 5) is 12.3. The molecule has 104 valence electrons. The fourth-order valence-electron chi connectivity index (χ4n) is 2.31. The minimum absolute atomic E-state index is 0.170. The summed E-state index contributed by atoms with van der Waals surface area (Å²) < 4.78 is 0.689. The molecule has 1 heterocycles. The lowest BCUT2D eigenvalue weighted by Crippen LogP contribution is -2.12. The maximum Gasteiger partial charge on any atom is 0.255 e. The van der Waals surface area contributed by atoms with E-state index in [1.54, 1.807) is 18.2 Å². The summed E-state index contributed by atoms with van der Waals surface area (Å²) in [6.45, 7) is 0.918. The maximum absolute atomic E-state index is 12.3. The van der Waals surface area contributed by atoms with Crippen molar-refractivity contribution >= 4 is 33.2 Å². The molecule has 1 aliphatic rings. The van der Waals surface area contributed by atoms with Crippen molar-refractivity contribution in [1.82, 2.24) is 0 Å². The molecule has 4 nitrogen and oxygen atoms in total. The number of carbonyl (C=O) groups is 1. The van der Waals surface area contributed by atoms with Crippen LogP contribution in [0.15, 0.2) is 40.9 Å². The molecule has 0 spiro atoms. The number of amides is 1. The Morgan fingerprint density at radius 2 is 2.14 bits per heavy atom. The lowest BCUT2D eigenvalue weighted by atomic mass is 10.1. The van der Waals surface area contributed by atoms with E-state index in [0.717, 1.165) is 18.7 Å². The Balaban J connectivity index is 1.82. The molecular weight excluding hydrogens is 330 g/mol. The van der Waals surface area contributed by atoms with Crippen molar-refractivity contribution < 1.29 is 4.79 Å². The lowest BCUT2D eigenvalue weighted by Gasteiger charge is -2.09. The molecule has 0 fully saturated rings. The van der Waals surface area contributed by atoms with Gasteiger partial charge in [0.05, 0.1) is 17.3 Å². The minimum atomic E-state index is -0.170. The Bertz CT molecular complexity index is 765. The smallest absolute Gasteiger partial charge is 0.255 e. The van der Waals surface area contributed by atoms with Crippen molar-refractivity contribution in [3.05, 3.63) is 57.6 Å². The Labute approximate surface area is 130 Å². The first-order chi connectivity index (χ1) is 10.2. The highest BCUT2D eigenvalue weighted by Gasteiger charge is 2.14. The molecular formula is C16H12BrN3O. The third kappa shape index (κ3) is 2.76. The van der Waals surface area contributed by atoms with E-state index in [9.17, 15) is 4.79 Å². The highest BCUT2D eigenvalue weighted by molar-refractivity contribution is 9.10. The van der Waals surface area contributed by atoms with Crippen LogP contribution in [0.4, 0.5) is 11.4 Å². The van der Waals surface area contributed by atoms with E-state index in [1.807, 2.05) is 18.2 Å². The van der Waals surface area contributed by atoms with Gasteiger partial charge in [-0.15, -0.1) is 0 Å². The fourth-order valence-corrected chi connectivity index (χ4v) is 2.79. The van der Waals surface area contributed by atoms with E-state index < -0.39 is 0 Å². The monoisotopic (exact) mass is 341 g/mol. The lowest BCUT2D eigenvalue weighted by molar-refractivity contribution is 0.102. The molecule has 3 rings (SSSR count). The molecule has 0 radical (unpaired) electrons. The zero-order valence-electron chi connectivity index (χ0n) is 11.1. The van der Waals surface area contributed by atoms with E-state index >= 15 is 0 Å². The van der Waals surface area contributed by atoms with Crippen LogP contribution in [0.3, 0.4) is 0 Å². The first-order valence-corrected chi connectivity index (χ1v) is 7.34. The van der Waals surface area contributed by atoms with Gasteiger partial charge in [0.2, 0.25) is 0 Å². The van der Waals surface area contributed by atoms with Crippen molar-refractivity contribution in [2.24, 2.45) is 0 Å². The normalized spacial score (nSPS) is 12.2. The fraction of sp³-hybridized carbons (Fsp3) is 0.125. The van der Waals surface area contributed by atoms with Crippen LogP contribution in [0.5, 0.6) is 0 Å². The molecule has 0 atom stereocenters. The Kier molecular flexibility index (Phi) is 3.63. The minimum Gasteiger partial charge on any atom is -0.384 e. The highest BCUT2D eigenvalue weighted by Crippen LogP contribution is 2.26. The van der Waals surface area contributed by atoms with Gasteiger partial charge in [0.25, 0.3) is 5.91 Å². The second-order valence-corrected chi connectivity index (χ2v) is 5.66. The molecule has 0 saturated carbocycles. The number of halogens is 1. The zero-order chi connectivity index (χ0) is 14.8. The number of rotatable bonds is 2. The van der Waals surface area contributed by atoms with Crippen LogP contribution in [0.2, 0.25) is 0 Å². The Morgan fingerprint density at radius 1 is 1.29 bits per heavy atom. The molecule has 0 saturated heterocycles. The van der Waals surface area contributed by atoms with Gasteiger partial charge in [-0.05, 0) is 58.2 Å². The summed E-state index contributed by atoms with van der Waals surface area (Å²) in [5.74, 6) is -0.170. The summed E-state index contributed by atoms with van der Waals surface area (Å²) >= 11 is 3.36. The van der Waals surface area contributed by atoms with E-state index in [1.165, 1.54) is 5.56 Å². The number of nitriles is 1. The third-order valence-electron chi connectivity index (χ3n) is 3.43. The summed E-state index contributed by atoms with van der Waals surface area (Å²) in [7, 11) is 0. The van der Waals surface area contributed by atoms with Gasteiger partial charge in [0.15, 0.2) is 0 Å². The van der Waals surface area contributed by atoms with Crippen LogP contribution in [0, 0.1) is 11.3 Å². The van der Waals surface area contributed by atoms with Gasteiger partial charge in [-0.25, -0.2) is 0 Å². The number of carbonyl (C=O) groups excluding carboxylic acids is 1. The SMILES string of the molecule is N#Cc1ccc(NC(=O)c2ccc3c(c2)NCC3)c(Br)c1. The standard InChI is InChI=1S/C16H12BrN3O/c17-13-7-10(9-18)1-4-14(13)20-16(21)12-3-2-11-5-6-19-15(11)8-12/h1-4,7-8,19H,5-6H2,(H,20,21). The summed E-state index contributed by atoms with van der Waals surface area (Å²) in [6.07, 6.45) is 0.998. The summed E-state index contributed by atoms with van der Waals surface area (Å²) in [5.41, 5.74) is 4.07. The van der Waals surface area contributed by atoms with Crippen molar-refractivity contribution in [2.75, 3.05) is 17.2 Å². The molecule has 0 bridgehead atoms. The topological polar surface area (TPSA) is 64.9 Å². The van der Waals surface area contributed by atoms with Crippen molar-refractivity contribution in [3.8, 4) is 6.07 Å². The maximum atomic E-state index is 12.3. The van der Waals surface area contributed by atoms with Crippen molar-refractivity contribution in [2.45, 2.75) is 6.42 Å². The predicted molar refractivity (Wildman–Crippen MR) is 85.4 cm³/mol. The number of anilines is 2. The van der Waals surface area contributed by atoms with E-state index in [0.29, 0.717) is 21.3 Å². The molecule has 0 aliphatic carbocycles. The average Bonchev–Trinajstić information content (AvgIpc) is 2.96. The summed E-state index contributed by atoms with van der Waals surface area (Å²) in [5, 5.41) is 14.9. The van der Waals surface area contributed by atoms with Gasteiger partial charge >= 0.3 is 0 Å². The molecule has 5 heteroatoms. The number of nitrogens with zero attached hydrogens (tertiary/aromatic N) is 1.